The number of nitrogens with zero attached hydrogens (tertiary/aromatic N) is 2. The van der Waals surface area contributed by atoms with E-state index in [0.717, 1.165) is 43.7 Å². The molecule has 2 heterocycles. The fourth-order valence-electron chi connectivity index (χ4n) is 4.46. The van der Waals surface area contributed by atoms with Crippen molar-refractivity contribution in [2.24, 2.45) is 0 Å². The highest BCUT2D eigenvalue weighted by molar-refractivity contribution is 5.76. The molecule has 2 aromatic carbocycles. The third-order valence-electron chi connectivity index (χ3n) is 6.35. The van der Waals surface area contributed by atoms with E-state index in [1.54, 1.807) is 12.1 Å². The van der Waals surface area contributed by atoms with Crippen molar-refractivity contribution in [3.05, 3.63) is 59.9 Å². The van der Waals surface area contributed by atoms with Gasteiger partial charge >= 0.3 is 0 Å². The van der Waals surface area contributed by atoms with Crippen molar-refractivity contribution in [3.8, 4) is 11.5 Å². The quantitative estimate of drug-likeness (QED) is 0.520. The van der Waals surface area contributed by atoms with Crippen LogP contribution in [0.4, 0.5) is 4.39 Å². The molecule has 1 amide bonds. The molecule has 2 saturated heterocycles. The number of hydrogen-bond donors (Lipinski definition) is 1. The van der Waals surface area contributed by atoms with Crippen LogP contribution < -0.4 is 9.47 Å². The van der Waals surface area contributed by atoms with E-state index in [1.165, 1.54) is 12.1 Å². The minimum absolute atomic E-state index is 0.0605. The number of aliphatic hydroxyl groups is 1. The fourth-order valence-corrected chi connectivity index (χ4v) is 4.46. The van der Waals surface area contributed by atoms with Gasteiger partial charge in [0.1, 0.15) is 29.5 Å². The molecule has 0 unspecified atom stereocenters. The van der Waals surface area contributed by atoms with Gasteiger partial charge in [0.25, 0.3) is 0 Å². The number of halogens is 1. The first-order valence-corrected chi connectivity index (χ1v) is 12.4. The van der Waals surface area contributed by atoms with Crippen molar-refractivity contribution in [1.82, 2.24) is 9.80 Å². The Balaban J connectivity index is 1.22. The number of rotatable bonds is 10. The normalized spacial score (nSPS) is 21.5. The molecular formula is C27H35FN2O5. The van der Waals surface area contributed by atoms with Crippen molar-refractivity contribution in [3.63, 3.8) is 0 Å². The molecular weight excluding hydrogens is 451 g/mol. The summed E-state index contributed by atoms with van der Waals surface area (Å²) in [6, 6.07) is 13.7. The molecule has 8 heteroatoms. The Morgan fingerprint density at radius 3 is 2.51 bits per heavy atom. The summed E-state index contributed by atoms with van der Waals surface area (Å²) in [7, 11) is 0. The summed E-state index contributed by atoms with van der Waals surface area (Å²) >= 11 is 0. The fraction of sp³-hybridized carbons (Fsp3) is 0.519. The van der Waals surface area contributed by atoms with Gasteiger partial charge in [0, 0.05) is 39.1 Å². The van der Waals surface area contributed by atoms with Crippen LogP contribution in [0.1, 0.15) is 31.2 Å². The lowest BCUT2D eigenvalue weighted by Gasteiger charge is -2.30. The summed E-state index contributed by atoms with van der Waals surface area (Å²) in [4.78, 5) is 16.0. The summed E-state index contributed by atoms with van der Waals surface area (Å²) in [5.41, 5.74) is -0.0519. The van der Waals surface area contributed by atoms with Gasteiger partial charge in [0.2, 0.25) is 5.91 Å². The lowest BCUT2D eigenvalue weighted by Crippen LogP contribution is -2.48. The molecule has 0 radical (unpaired) electrons. The molecule has 0 aliphatic carbocycles. The predicted octanol–water partition coefficient (Wildman–Crippen LogP) is 3.25. The molecule has 2 aliphatic heterocycles. The van der Waals surface area contributed by atoms with E-state index in [1.807, 2.05) is 29.2 Å². The molecule has 2 aliphatic rings. The largest absolute Gasteiger partial charge is 0.494 e. The van der Waals surface area contributed by atoms with Crippen molar-refractivity contribution >= 4 is 5.91 Å². The molecule has 0 bridgehead atoms. The van der Waals surface area contributed by atoms with E-state index in [4.69, 9.17) is 14.2 Å². The van der Waals surface area contributed by atoms with Gasteiger partial charge in [-0.2, -0.15) is 0 Å². The van der Waals surface area contributed by atoms with E-state index in [-0.39, 0.29) is 24.9 Å². The number of amides is 1. The van der Waals surface area contributed by atoms with E-state index >= 15 is 0 Å². The van der Waals surface area contributed by atoms with Crippen molar-refractivity contribution in [2.45, 2.75) is 37.8 Å². The standard InChI is InChI=1S/C27H35FN2O5/c28-23-7-11-25(12-8-23)35-21-27(32)19-29(15-17-33-20-27)18-22-5-9-24(10-6-22)34-16-3-14-30-13-2-1-4-26(30)31/h5-12,32H,1-4,13-21H2/t27-/m0/s1. The maximum Gasteiger partial charge on any atom is 0.222 e. The first-order chi connectivity index (χ1) is 17.0. The number of carbonyl (C=O) groups excluding carboxylic acids is 1. The summed E-state index contributed by atoms with van der Waals surface area (Å²) in [5.74, 6) is 1.25. The van der Waals surface area contributed by atoms with Gasteiger partial charge < -0.3 is 24.2 Å². The Bertz CT molecular complexity index is 940. The maximum absolute atomic E-state index is 13.1. The molecule has 0 spiro atoms. The summed E-state index contributed by atoms with van der Waals surface area (Å²) in [5, 5.41) is 11.1. The monoisotopic (exact) mass is 486 g/mol. The van der Waals surface area contributed by atoms with Crippen LogP contribution in [0.3, 0.4) is 0 Å². The lowest BCUT2D eigenvalue weighted by molar-refractivity contribution is -0.133. The Labute approximate surface area is 206 Å². The van der Waals surface area contributed by atoms with Crippen LogP contribution in [0.5, 0.6) is 11.5 Å². The van der Waals surface area contributed by atoms with E-state index in [9.17, 15) is 14.3 Å². The second kappa shape index (κ2) is 12.3. The van der Waals surface area contributed by atoms with Gasteiger partial charge in [0.15, 0.2) is 0 Å². The van der Waals surface area contributed by atoms with Gasteiger partial charge in [-0.15, -0.1) is 0 Å². The molecule has 0 saturated carbocycles. The third kappa shape index (κ3) is 7.92. The molecule has 2 aromatic rings. The van der Waals surface area contributed by atoms with Crippen molar-refractivity contribution in [1.29, 1.82) is 0 Å². The number of benzene rings is 2. The van der Waals surface area contributed by atoms with Crippen molar-refractivity contribution in [2.75, 3.05) is 52.6 Å². The molecule has 1 N–H and O–H groups in total. The average Bonchev–Trinajstić information content (AvgIpc) is 3.05. The van der Waals surface area contributed by atoms with Gasteiger partial charge in [-0.25, -0.2) is 4.39 Å². The van der Waals surface area contributed by atoms with Gasteiger partial charge in [-0.05, 0) is 61.2 Å². The zero-order chi connectivity index (χ0) is 24.5. The Kier molecular flexibility index (Phi) is 8.95. The highest BCUT2D eigenvalue weighted by Crippen LogP contribution is 2.20. The second-order valence-electron chi connectivity index (χ2n) is 9.41. The topological polar surface area (TPSA) is 71.5 Å². The average molecular weight is 487 g/mol. The Morgan fingerprint density at radius 2 is 1.74 bits per heavy atom. The number of ether oxygens (including phenoxy) is 3. The van der Waals surface area contributed by atoms with Gasteiger partial charge in [0.05, 0.1) is 19.8 Å². The van der Waals surface area contributed by atoms with E-state index in [2.05, 4.69) is 4.90 Å². The first-order valence-electron chi connectivity index (χ1n) is 12.4. The molecule has 7 nitrogen and oxygen atoms in total. The maximum atomic E-state index is 13.1. The molecule has 2 fully saturated rings. The van der Waals surface area contributed by atoms with E-state index < -0.39 is 5.60 Å². The van der Waals surface area contributed by atoms with Crippen LogP contribution in [0.2, 0.25) is 0 Å². The Morgan fingerprint density at radius 1 is 1.00 bits per heavy atom. The zero-order valence-corrected chi connectivity index (χ0v) is 20.2. The van der Waals surface area contributed by atoms with Crippen molar-refractivity contribution < 1.29 is 28.5 Å². The summed E-state index contributed by atoms with van der Waals surface area (Å²) < 4.78 is 30.3. The minimum atomic E-state index is -1.16. The molecule has 190 valence electrons. The highest BCUT2D eigenvalue weighted by atomic mass is 19.1. The molecule has 4 rings (SSSR count). The number of carbonyl (C=O) groups is 1. The van der Waals surface area contributed by atoms with Gasteiger partial charge in [-0.3, -0.25) is 9.69 Å². The van der Waals surface area contributed by atoms with Gasteiger partial charge in [-0.1, -0.05) is 12.1 Å². The summed E-state index contributed by atoms with van der Waals surface area (Å²) in [6.45, 7) is 4.73. The minimum Gasteiger partial charge on any atom is -0.494 e. The first kappa shape index (κ1) is 25.4. The molecule has 0 aromatic heterocycles. The highest BCUT2D eigenvalue weighted by Gasteiger charge is 2.33. The van der Waals surface area contributed by atoms with Crippen LogP contribution in [0.15, 0.2) is 48.5 Å². The molecule has 1 atom stereocenters. The van der Waals surface area contributed by atoms with Crippen LogP contribution in [0, 0.1) is 5.82 Å². The zero-order valence-electron chi connectivity index (χ0n) is 20.2. The smallest absolute Gasteiger partial charge is 0.222 e. The third-order valence-corrected chi connectivity index (χ3v) is 6.35. The van der Waals surface area contributed by atoms with Crippen LogP contribution in [-0.4, -0.2) is 79.0 Å². The van der Waals surface area contributed by atoms with Crippen LogP contribution in [-0.2, 0) is 16.1 Å². The predicted molar refractivity (Wildman–Crippen MR) is 130 cm³/mol. The number of β-amino-alcohol motifs (C(OH)–C–C–N with tert-alkyl or cyclic N) is 1. The summed E-state index contributed by atoms with van der Waals surface area (Å²) in [6.07, 6.45) is 3.59. The van der Waals surface area contributed by atoms with E-state index in [0.29, 0.717) is 45.0 Å². The number of piperidine rings is 1. The second-order valence-corrected chi connectivity index (χ2v) is 9.41. The number of hydrogen-bond acceptors (Lipinski definition) is 6. The SMILES string of the molecule is O=C1CCCCN1CCCOc1ccc(CN2CCOC[C@](O)(COc3ccc(F)cc3)C2)cc1. The molecule has 35 heavy (non-hydrogen) atoms. The Hall–Kier alpha value is -2.68. The van der Waals surface area contributed by atoms with Crippen LogP contribution >= 0.6 is 0 Å². The lowest BCUT2D eigenvalue weighted by atomic mass is 10.1. The van der Waals surface area contributed by atoms with Crippen LogP contribution in [0.25, 0.3) is 0 Å². The number of likely N-dealkylation sites (tertiary alicyclic amines) is 1.